The molecule has 66 valence electrons. The first-order valence-corrected chi connectivity index (χ1v) is 4.75. The molecule has 0 aliphatic rings. The van der Waals surface area contributed by atoms with Crippen LogP contribution in [0.1, 0.15) is 32.6 Å². The van der Waals surface area contributed by atoms with Crippen LogP contribution in [-0.4, -0.2) is 0 Å². The van der Waals surface area contributed by atoms with E-state index in [1.165, 1.54) is 24.8 Å². The molecule has 0 aliphatic heterocycles. The zero-order chi connectivity index (χ0) is 9.07. The molecule has 0 rings (SSSR count). The summed E-state index contributed by atoms with van der Waals surface area (Å²) in [5.41, 5.74) is 1.47. The lowest BCUT2D eigenvalue weighted by atomic mass is 10.2. The summed E-state index contributed by atoms with van der Waals surface area (Å²) in [6.07, 6.45) is 10.1. The zero-order valence-electron chi connectivity index (χ0n) is 7.52. The molecule has 0 heterocycles. The van der Waals surface area contributed by atoms with Crippen molar-refractivity contribution in [3.05, 3.63) is 23.8 Å². The molecular weight excluding hydrogens is 168 g/mol. The highest BCUT2D eigenvalue weighted by molar-refractivity contribution is 6.25. The maximum absolute atomic E-state index is 5.30. The Morgan fingerprint density at radius 1 is 1.25 bits per heavy atom. The van der Waals surface area contributed by atoms with Crippen molar-refractivity contribution >= 4 is 11.6 Å². The van der Waals surface area contributed by atoms with E-state index in [1.54, 1.807) is 6.08 Å². The fourth-order valence-corrected chi connectivity index (χ4v) is 0.824. The first-order chi connectivity index (χ1) is 5.91. The quantitative estimate of drug-likeness (QED) is 0.352. The molecule has 12 heavy (non-hydrogen) atoms. The number of hydrogen-bond acceptors (Lipinski definition) is 0. The van der Waals surface area contributed by atoms with E-state index < -0.39 is 0 Å². The topological polar surface area (TPSA) is 0 Å². The third kappa shape index (κ3) is 9.33. The van der Waals surface area contributed by atoms with E-state index in [0.717, 1.165) is 6.42 Å². The molecule has 0 N–H and O–H groups in total. The predicted octanol–water partition coefficient (Wildman–Crippen LogP) is 3.88. The number of hydrogen-bond donors (Lipinski definition) is 0. The van der Waals surface area contributed by atoms with Gasteiger partial charge in [0.05, 0.1) is 0 Å². The van der Waals surface area contributed by atoms with Gasteiger partial charge in [-0.3, -0.25) is 0 Å². The standard InChI is InChI=1S/C11H15Cl/c1-2-3-4-5-6-7-8-9-10-11-12/h8-11H,2-5H2,1H3/b9-8+,11-10+. The molecule has 0 atom stereocenters. The fourth-order valence-electron chi connectivity index (χ4n) is 0.740. The molecule has 0 aromatic carbocycles. The van der Waals surface area contributed by atoms with E-state index in [2.05, 4.69) is 18.8 Å². The summed E-state index contributed by atoms with van der Waals surface area (Å²) in [4.78, 5) is 0. The van der Waals surface area contributed by atoms with Crippen molar-refractivity contribution in [2.24, 2.45) is 0 Å². The van der Waals surface area contributed by atoms with E-state index in [1.807, 2.05) is 12.2 Å². The van der Waals surface area contributed by atoms with E-state index in [-0.39, 0.29) is 0 Å². The normalized spacial score (nSPS) is 10.5. The van der Waals surface area contributed by atoms with Crippen LogP contribution in [0.4, 0.5) is 0 Å². The van der Waals surface area contributed by atoms with E-state index in [4.69, 9.17) is 11.6 Å². The van der Waals surface area contributed by atoms with Gasteiger partial charge >= 0.3 is 0 Å². The van der Waals surface area contributed by atoms with Crippen LogP contribution in [0.25, 0.3) is 0 Å². The largest absolute Gasteiger partial charge is 0.0985 e. The third-order valence-corrected chi connectivity index (χ3v) is 1.52. The zero-order valence-corrected chi connectivity index (χ0v) is 8.27. The van der Waals surface area contributed by atoms with Crippen LogP contribution in [0.2, 0.25) is 0 Å². The SMILES string of the molecule is CCCCCC#C/C=C/C=C/Cl. The maximum Gasteiger partial charge on any atom is 0.00922 e. The lowest BCUT2D eigenvalue weighted by Crippen LogP contribution is -1.69. The highest BCUT2D eigenvalue weighted by atomic mass is 35.5. The Hall–Kier alpha value is -0.670. The molecule has 0 radical (unpaired) electrons. The Labute approximate surface area is 80.3 Å². The van der Waals surface area contributed by atoms with Crippen LogP contribution in [-0.2, 0) is 0 Å². The minimum atomic E-state index is 1.00. The van der Waals surface area contributed by atoms with Crippen LogP contribution in [0.15, 0.2) is 23.8 Å². The molecule has 0 aromatic rings. The molecule has 0 unspecified atom stereocenters. The second-order valence-corrected chi connectivity index (χ2v) is 2.71. The molecule has 0 saturated heterocycles. The Kier molecular flexibility index (Phi) is 9.75. The van der Waals surface area contributed by atoms with Gasteiger partial charge in [-0.2, -0.15) is 0 Å². The predicted molar refractivity (Wildman–Crippen MR) is 56.1 cm³/mol. The van der Waals surface area contributed by atoms with Crippen molar-refractivity contribution < 1.29 is 0 Å². The van der Waals surface area contributed by atoms with E-state index >= 15 is 0 Å². The summed E-state index contributed by atoms with van der Waals surface area (Å²) in [6, 6.07) is 0. The van der Waals surface area contributed by atoms with Gasteiger partial charge in [0.1, 0.15) is 0 Å². The van der Waals surface area contributed by atoms with Crippen LogP contribution in [0, 0.1) is 11.8 Å². The van der Waals surface area contributed by atoms with Crippen molar-refractivity contribution in [2.45, 2.75) is 32.6 Å². The van der Waals surface area contributed by atoms with Gasteiger partial charge in [0.25, 0.3) is 0 Å². The summed E-state index contributed by atoms with van der Waals surface area (Å²) >= 11 is 5.30. The molecular formula is C11H15Cl. The lowest BCUT2D eigenvalue weighted by Gasteiger charge is -1.87. The van der Waals surface area contributed by atoms with Gasteiger partial charge in [0.2, 0.25) is 0 Å². The highest BCUT2D eigenvalue weighted by Gasteiger charge is 1.78. The van der Waals surface area contributed by atoms with Gasteiger partial charge in [0.15, 0.2) is 0 Å². The van der Waals surface area contributed by atoms with Crippen LogP contribution >= 0.6 is 11.6 Å². The highest BCUT2D eigenvalue weighted by Crippen LogP contribution is 1.96. The average Bonchev–Trinajstić information content (AvgIpc) is 2.10. The summed E-state index contributed by atoms with van der Waals surface area (Å²) in [5.74, 6) is 6.00. The average molecular weight is 183 g/mol. The second kappa shape index (κ2) is 10.3. The minimum Gasteiger partial charge on any atom is -0.0985 e. The van der Waals surface area contributed by atoms with E-state index in [9.17, 15) is 0 Å². The van der Waals surface area contributed by atoms with Gasteiger partial charge in [-0.05, 0) is 12.5 Å². The Morgan fingerprint density at radius 3 is 2.75 bits per heavy atom. The molecule has 0 aromatic heterocycles. The smallest absolute Gasteiger partial charge is 0.00922 e. The fraction of sp³-hybridized carbons (Fsp3) is 0.455. The molecule has 0 nitrogen and oxygen atoms in total. The number of allylic oxidation sites excluding steroid dienone is 3. The van der Waals surface area contributed by atoms with Gasteiger partial charge in [-0.15, -0.1) is 0 Å². The van der Waals surface area contributed by atoms with Crippen molar-refractivity contribution in [3.8, 4) is 11.8 Å². The third-order valence-electron chi connectivity index (χ3n) is 1.37. The second-order valence-electron chi connectivity index (χ2n) is 2.46. The van der Waals surface area contributed by atoms with Crippen LogP contribution < -0.4 is 0 Å². The Bertz CT molecular complexity index is 191. The first kappa shape index (κ1) is 11.3. The Balaban J connectivity index is 3.34. The summed E-state index contributed by atoms with van der Waals surface area (Å²) in [7, 11) is 0. The molecule has 1 heteroatoms. The number of unbranched alkanes of at least 4 members (excludes halogenated alkanes) is 3. The summed E-state index contributed by atoms with van der Waals surface area (Å²) < 4.78 is 0. The van der Waals surface area contributed by atoms with Crippen molar-refractivity contribution in [3.63, 3.8) is 0 Å². The molecule has 0 fully saturated rings. The molecule has 0 saturated carbocycles. The monoisotopic (exact) mass is 182 g/mol. The van der Waals surface area contributed by atoms with Crippen LogP contribution in [0.3, 0.4) is 0 Å². The lowest BCUT2D eigenvalue weighted by molar-refractivity contribution is 0.737. The van der Waals surface area contributed by atoms with Gasteiger partial charge in [-0.1, -0.05) is 55.4 Å². The first-order valence-electron chi connectivity index (χ1n) is 4.32. The van der Waals surface area contributed by atoms with Gasteiger partial charge in [-0.25, -0.2) is 0 Å². The van der Waals surface area contributed by atoms with E-state index in [0.29, 0.717) is 0 Å². The molecule has 0 amide bonds. The summed E-state index contributed by atoms with van der Waals surface area (Å²) in [6.45, 7) is 2.19. The van der Waals surface area contributed by atoms with Crippen LogP contribution in [0.5, 0.6) is 0 Å². The summed E-state index contributed by atoms with van der Waals surface area (Å²) in [5, 5.41) is 0. The van der Waals surface area contributed by atoms with Crippen molar-refractivity contribution in [2.75, 3.05) is 0 Å². The number of rotatable bonds is 4. The van der Waals surface area contributed by atoms with Gasteiger partial charge in [0, 0.05) is 12.0 Å². The van der Waals surface area contributed by atoms with Crippen molar-refractivity contribution in [1.82, 2.24) is 0 Å². The maximum atomic E-state index is 5.30. The van der Waals surface area contributed by atoms with Crippen molar-refractivity contribution in [1.29, 1.82) is 0 Å². The van der Waals surface area contributed by atoms with Gasteiger partial charge < -0.3 is 0 Å². The molecule has 0 aliphatic carbocycles. The minimum absolute atomic E-state index is 1.00. The Morgan fingerprint density at radius 2 is 2.08 bits per heavy atom. The molecule has 0 spiro atoms. The molecule has 0 bridgehead atoms. The number of halogens is 1.